The number of aromatic nitrogens is 1. The van der Waals surface area contributed by atoms with Crippen molar-refractivity contribution in [2.75, 3.05) is 18.5 Å². The van der Waals surface area contributed by atoms with Gasteiger partial charge in [-0.15, -0.1) is 11.6 Å². The summed E-state index contributed by atoms with van der Waals surface area (Å²) in [5, 5.41) is 1.41. The second-order valence-corrected chi connectivity index (χ2v) is 5.08. The number of benzene rings is 1. The SMILES string of the molecule is CC(Cl)CCN(C)c1ccnc2ccccc12. The van der Waals surface area contributed by atoms with E-state index < -0.39 is 0 Å². The number of halogens is 1. The highest BCUT2D eigenvalue weighted by molar-refractivity contribution is 6.20. The average Bonchev–Trinajstić information content (AvgIpc) is 2.35. The van der Waals surface area contributed by atoms with Gasteiger partial charge in [-0.1, -0.05) is 18.2 Å². The zero-order valence-electron chi connectivity index (χ0n) is 10.2. The number of anilines is 1. The Morgan fingerprint density at radius 1 is 1.29 bits per heavy atom. The standard InChI is InChI=1S/C14H17ClN2/c1-11(15)8-10-17(2)14-7-9-16-13-6-4-3-5-12(13)14/h3-7,9,11H,8,10H2,1-2H3. The average molecular weight is 249 g/mol. The highest BCUT2D eigenvalue weighted by Gasteiger charge is 2.07. The van der Waals surface area contributed by atoms with Gasteiger partial charge >= 0.3 is 0 Å². The summed E-state index contributed by atoms with van der Waals surface area (Å²) in [5.41, 5.74) is 2.25. The van der Waals surface area contributed by atoms with Gasteiger partial charge in [0.05, 0.1) is 5.52 Å². The summed E-state index contributed by atoms with van der Waals surface area (Å²) in [6, 6.07) is 10.3. The van der Waals surface area contributed by atoms with Crippen molar-refractivity contribution in [3.8, 4) is 0 Å². The van der Waals surface area contributed by atoms with Crippen LogP contribution in [-0.2, 0) is 0 Å². The maximum atomic E-state index is 5.99. The lowest BCUT2D eigenvalue weighted by Crippen LogP contribution is -2.20. The lowest BCUT2D eigenvalue weighted by molar-refractivity contribution is 0.774. The van der Waals surface area contributed by atoms with Crippen molar-refractivity contribution in [1.29, 1.82) is 0 Å². The molecule has 0 saturated heterocycles. The number of alkyl halides is 1. The highest BCUT2D eigenvalue weighted by Crippen LogP contribution is 2.24. The predicted octanol–water partition coefficient (Wildman–Crippen LogP) is 3.69. The lowest BCUT2D eigenvalue weighted by atomic mass is 10.1. The van der Waals surface area contributed by atoms with Crippen LogP contribution in [0.25, 0.3) is 10.9 Å². The quantitative estimate of drug-likeness (QED) is 0.768. The zero-order chi connectivity index (χ0) is 12.3. The fraction of sp³-hybridized carbons (Fsp3) is 0.357. The van der Waals surface area contributed by atoms with E-state index in [-0.39, 0.29) is 5.38 Å². The van der Waals surface area contributed by atoms with Crippen LogP contribution in [0.5, 0.6) is 0 Å². The summed E-state index contributed by atoms with van der Waals surface area (Å²) in [7, 11) is 2.10. The molecule has 0 aliphatic heterocycles. The molecule has 3 heteroatoms. The molecule has 0 fully saturated rings. The Bertz CT molecular complexity index is 491. The monoisotopic (exact) mass is 248 g/mol. The number of hydrogen-bond donors (Lipinski definition) is 0. The van der Waals surface area contributed by atoms with Crippen LogP contribution >= 0.6 is 11.6 Å². The van der Waals surface area contributed by atoms with Gasteiger partial charge in [0.1, 0.15) is 0 Å². The zero-order valence-corrected chi connectivity index (χ0v) is 11.0. The van der Waals surface area contributed by atoms with E-state index in [4.69, 9.17) is 11.6 Å². The van der Waals surface area contributed by atoms with E-state index in [2.05, 4.69) is 29.1 Å². The Hall–Kier alpha value is -1.28. The van der Waals surface area contributed by atoms with Crippen molar-refractivity contribution in [2.24, 2.45) is 0 Å². The number of para-hydroxylation sites is 1. The first-order valence-electron chi connectivity index (χ1n) is 5.87. The summed E-state index contributed by atoms with van der Waals surface area (Å²) < 4.78 is 0. The summed E-state index contributed by atoms with van der Waals surface area (Å²) >= 11 is 5.99. The van der Waals surface area contributed by atoms with Crippen LogP contribution in [0.1, 0.15) is 13.3 Å². The van der Waals surface area contributed by atoms with Crippen LogP contribution in [-0.4, -0.2) is 24.0 Å². The second-order valence-electron chi connectivity index (χ2n) is 4.34. The molecule has 1 heterocycles. The normalized spacial score (nSPS) is 12.6. The summed E-state index contributed by atoms with van der Waals surface area (Å²) in [5.74, 6) is 0. The molecular formula is C14H17ClN2. The molecule has 1 atom stereocenters. The van der Waals surface area contributed by atoms with Gasteiger partial charge in [0.25, 0.3) is 0 Å². The first-order chi connectivity index (χ1) is 8.18. The molecule has 90 valence electrons. The third-order valence-electron chi connectivity index (χ3n) is 2.90. The minimum Gasteiger partial charge on any atom is -0.374 e. The van der Waals surface area contributed by atoms with E-state index in [1.54, 1.807) is 0 Å². The fourth-order valence-electron chi connectivity index (χ4n) is 1.91. The van der Waals surface area contributed by atoms with Crippen LogP contribution in [0.2, 0.25) is 0 Å². The maximum absolute atomic E-state index is 5.99. The van der Waals surface area contributed by atoms with Crippen LogP contribution in [0.4, 0.5) is 5.69 Å². The fourth-order valence-corrected chi connectivity index (χ4v) is 2.00. The van der Waals surface area contributed by atoms with E-state index in [1.165, 1.54) is 11.1 Å². The van der Waals surface area contributed by atoms with Crippen molar-refractivity contribution in [1.82, 2.24) is 4.98 Å². The minimum absolute atomic E-state index is 0.213. The molecule has 2 rings (SSSR count). The van der Waals surface area contributed by atoms with Gasteiger partial charge in [0.15, 0.2) is 0 Å². The van der Waals surface area contributed by atoms with Gasteiger partial charge in [0, 0.05) is 36.2 Å². The molecule has 0 N–H and O–H groups in total. The Morgan fingerprint density at radius 2 is 2.06 bits per heavy atom. The van der Waals surface area contributed by atoms with E-state index >= 15 is 0 Å². The molecule has 1 unspecified atom stereocenters. The predicted molar refractivity (Wildman–Crippen MR) is 74.9 cm³/mol. The minimum atomic E-state index is 0.213. The van der Waals surface area contributed by atoms with Crippen LogP contribution < -0.4 is 4.90 Å². The van der Waals surface area contributed by atoms with E-state index in [9.17, 15) is 0 Å². The topological polar surface area (TPSA) is 16.1 Å². The molecule has 17 heavy (non-hydrogen) atoms. The molecule has 0 bridgehead atoms. The van der Waals surface area contributed by atoms with Gasteiger partial charge in [-0.25, -0.2) is 0 Å². The first-order valence-corrected chi connectivity index (χ1v) is 6.31. The van der Waals surface area contributed by atoms with Crippen LogP contribution in [0.3, 0.4) is 0 Å². The largest absolute Gasteiger partial charge is 0.374 e. The molecule has 0 aliphatic carbocycles. The summed E-state index contributed by atoms with van der Waals surface area (Å²) in [6.45, 7) is 2.98. The van der Waals surface area contributed by atoms with Crippen molar-refractivity contribution in [2.45, 2.75) is 18.7 Å². The number of pyridine rings is 1. The van der Waals surface area contributed by atoms with E-state index in [0.717, 1.165) is 18.5 Å². The number of nitrogens with zero attached hydrogens (tertiary/aromatic N) is 2. The molecule has 0 spiro atoms. The summed E-state index contributed by atoms with van der Waals surface area (Å²) in [4.78, 5) is 6.61. The smallest absolute Gasteiger partial charge is 0.0722 e. The van der Waals surface area contributed by atoms with Crippen molar-refractivity contribution in [3.63, 3.8) is 0 Å². The third-order valence-corrected chi connectivity index (χ3v) is 3.12. The Kier molecular flexibility index (Phi) is 3.85. The Balaban J connectivity index is 2.28. The lowest BCUT2D eigenvalue weighted by Gasteiger charge is -2.21. The molecular weight excluding hydrogens is 232 g/mol. The second kappa shape index (κ2) is 5.37. The third kappa shape index (κ3) is 2.89. The van der Waals surface area contributed by atoms with Gasteiger partial charge in [0.2, 0.25) is 0 Å². The summed E-state index contributed by atoms with van der Waals surface area (Å²) in [6.07, 6.45) is 2.84. The van der Waals surface area contributed by atoms with Gasteiger partial charge in [-0.3, -0.25) is 4.98 Å². The molecule has 0 aliphatic rings. The molecule has 1 aromatic heterocycles. The Labute approximate surface area is 107 Å². The van der Waals surface area contributed by atoms with Crippen molar-refractivity contribution in [3.05, 3.63) is 36.5 Å². The van der Waals surface area contributed by atoms with Gasteiger partial charge in [-0.05, 0) is 25.5 Å². The van der Waals surface area contributed by atoms with Gasteiger partial charge in [-0.2, -0.15) is 0 Å². The number of fused-ring (bicyclic) bond motifs is 1. The maximum Gasteiger partial charge on any atom is 0.0722 e. The van der Waals surface area contributed by atoms with Crippen molar-refractivity contribution < 1.29 is 0 Å². The van der Waals surface area contributed by atoms with Gasteiger partial charge < -0.3 is 4.90 Å². The molecule has 1 aromatic carbocycles. The van der Waals surface area contributed by atoms with Crippen LogP contribution in [0, 0.1) is 0 Å². The molecule has 0 saturated carbocycles. The molecule has 2 nitrogen and oxygen atoms in total. The van der Waals surface area contributed by atoms with E-state index in [0.29, 0.717) is 0 Å². The Morgan fingerprint density at radius 3 is 2.82 bits per heavy atom. The first kappa shape index (κ1) is 12.2. The molecule has 0 radical (unpaired) electrons. The number of hydrogen-bond acceptors (Lipinski definition) is 2. The number of rotatable bonds is 4. The molecule has 2 aromatic rings. The molecule has 0 amide bonds. The van der Waals surface area contributed by atoms with E-state index in [1.807, 2.05) is 31.3 Å². The van der Waals surface area contributed by atoms with Crippen molar-refractivity contribution >= 4 is 28.2 Å². The van der Waals surface area contributed by atoms with Crippen LogP contribution in [0.15, 0.2) is 36.5 Å². The highest BCUT2D eigenvalue weighted by atomic mass is 35.5.